The number of amides is 4. The first-order valence-corrected chi connectivity index (χ1v) is 14.1. The fourth-order valence-electron chi connectivity index (χ4n) is 3.89. The lowest BCUT2D eigenvalue weighted by molar-refractivity contribution is -0.192. The van der Waals surface area contributed by atoms with Crippen molar-refractivity contribution in [3.63, 3.8) is 0 Å². The van der Waals surface area contributed by atoms with Crippen LogP contribution >= 0.6 is 34.9 Å². The van der Waals surface area contributed by atoms with E-state index in [4.69, 9.17) is 4.74 Å². The molecule has 0 aliphatic carbocycles. The average molecular weight is 623 g/mol. The van der Waals surface area contributed by atoms with Crippen LogP contribution in [0.4, 0.5) is 18.0 Å². The summed E-state index contributed by atoms with van der Waals surface area (Å²) in [6.07, 6.45) is -4.67. The highest BCUT2D eigenvalue weighted by Gasteiger charge is 2.67. The van der Waals surface area contributed by atoms with Crippen molar-refractivity contribution in [1.82, 2.24) is 41.1 Å². The number of hydrogen-bond acceptors (Lipinski definition) is 11. The van der Waals surface area contributed by atoms with E-state index in [-0.39, 0.29) is 22.1 Å². The maximum absolute atomic E-state index is 13.4. The van der Waals surface area contributed by atoms with Crippen LogP contribution in [0.3, 0.4) is 0 Å². The van der Waals surface area contributed by atoms with Gasteiger partial charge in [0.25, 0.3) is 17.5 Å². The molecule has 4 rings (SSSR count). The smallest absolute Gasteiger partial charge is 0.405 e. The van der Waals surface area contributed by atoms with Crippen LogP contribution in [-0.4, -0.2) is 96.5 Å². The predicted octanol–water partition coefficient (Wildman–Crippen LogP) is 0.679. The van der Waals surface area contributed by atoms with Crippen LogP contribution in [0, 0.1) is 0 Å². The van der Waals surface area contributed by atoms with Crippen molar-refractivity contribution < 1.29 is 42.2 Å². The molecule has 216 valence electrons. The molecule has 0 radical (unpaired) electrons. The molecule has 4 heterocycles. The molecule has 2 aliphatic heterocycles. The number of urea groups is 1. The normalized spacial score (nSPS) is 21.4. The van der Waals surface area contributed by atoms with Crippen LogP contribution in [0.15, 0.2) is 33.9 Å². The number of fused-ring (bicyclic) bond motifs is 1. The molecule has 14 nitrogen and oxygen atoms in total. The third kappa shape index (κ3) is 5.88. The Bertz CT molecular complexity index is 1340. The second kappa shape index (κ2) is 11.6. The number of carbonyl (C=O) groups is 4. The number of carboxylic acid groups (broad SMARTS) is 1. The van der Waals surface area contributed by atoms with Crippen molar-refractivity contribution in [2.45, 2.75) is 28.5 Å². The highest BCUT2D eigenvalue weighted by atomic mass is 32.2. The molecular weight excluding hydrogens is 601 g/mol. The number of alkyl halides is 3. The topological polar surface area (TPSA) is 181 Å². The first-order valence-electron chi connectivity index (χ1n) is 11.2. The Morgan fingerprint density at radius 1 is 1.38 bits per heavy atom. The third-order valence-electron chi connectivity index (χ3n) is 5.71. The maximum atomic E-state index is 13.4. The summed E-state index contributed by atoms with van der Waals surface area (Å²) in [5.41, 5.74) is -1.84. The maximum Gasteiger partial charge on any atom is 0.405 e. The van der Waals surface area contributed by atoms with Crippen LogP contribution in [0.25, 0.3) is 0 Å². The van der Waals surface area contributed by atoms with Crippen LogP contribution in [-0.2, 0) is 26.2 Å². The summed E-state index contributed by atoms with van der Waals surface area (Å²) in [5, 5.41) is 28.3. The molecule has 2 aromatic rings. The third-order valence-corrected chi connectivity index (χ3v) is 9.12. The highest BCUT2D eigenvalue weighted by molar-refractivity contribution is 8.01. The number of thioether (sulfide) groups is 2. The first kappa shape index (κ1) is 29.6. The van der Waals surface area contributed by atoms with Crippen molar-refractivity contribution in [1.29, 1.82) is 0 Å². The number of carboxylic acids is 1. The Morgan fingerprint density at radius 3 is 2.70 bits per heavy atom. The van der Waals surface area contributed by atoms with Crippen LogP contribution in [0.1, 0.15) is 10.9 Å². The summed E-state index contributed by atoms with van der Waals surface area (Å²) < 4.78 is 44.4. The number of aliphatic carboxylic acids is 1. The van der Waals surface area contributed by atoms with Gasteiger partial charge in [-0.15, -0.1) is 28.2 Å². The second-order valence-corrected chi connectivity index (χ2v) is 11.3. The summed E-state index contributed by atoms with van der Waals surface area (Å²) in [4.78, 5) is 52.3. The summed E-state index contributed by atoms with van der Waals surface area (Å²) in [5.74, 6) is -2.84. The molecule has 2 aromatic heterocycles. The minimum absolute atomic E-state index is 0.168. The number of aromatic nitrogens is 4. The van der Waals surface area contributed by atoms with Gasteiger partial charge in [0, 0.05) is 30.5 Å². The van der Waals surface area contributed by atoms with E-state index in [1.54, 1.807) is 23.8 Å². The van der Waals surface area contributed by atoms with Gasteiger partial charge in [0.05, 0.1) is 0 Å². The fourth-order valence-corrected chi connectivity index (χ4v) is 7.09. The molecule has 0 bridgehead atoms. The number of tetrazole rings is 1. The van der Waals surface area contributed by atoms with E-state index in [1.807, 2.05) is 0 Å². The number of hydrogen-bond donors (Lipinski definition) is 4. The van der Waals surface area contributed by atoms with E-state index in [9.17, 15) is 37.5 Å². The van der Waals surface area contributed by atoms with Crippen LogP contribution in [0.5, 0.6) is 0 Å². The molecule has 1 fully saturated rings. The van der Waals surface area contributed by atoms with Crippen molar-refractivity contribution in [3.05, 3.63) is 33.7 Å². The van der Waals surface area contributed by atoms with E-state index < -0.39 is 53.7 Å². The molecule has 2 aliphatic rings. The first-order chi connectivity index (χ1) is 18.9. The Balaban J connectivity index is 1.53. The minimum Gasteiger partial charge on any atom is -0.477 e. The van der Waals surface area contributed by atoms with Gasteiger partial charge in [-0.1, -0.05) is 17.8 Å². The van der Waals surface area contributed by atoms with Gasteiger partial charge in [-0.2, -0.15) is 13.2 Å². The number of β-lactam (4-membered cyclic amide) rings is 1. The van der Waals surface area contributed by atoms with Crippen LogP contribution in [0.2, 0.25) is 0 Å². The Hall–Kier alpha value is -3.36. The van der Waals surface area contributed by atoms with Crippen LogP contribution < -0.4 is 16.0 Å². The van der Waals surface area contributed by atoms with E-state index in [2.05, 4.69) is 26.2 Å². The number of carbonyl (C=O) groups excluding carboxylic acids is 3. The molecular formula is C20H21F3N8O6S3. The standard InChI is InChI=1S/C20H21F3N8O6S3/c1-30-18(27-28-29-30)40-7-9-6-39-16-20(37-2,15(35)31(16)12(9)14(33)34)26-13(32)11(10-4-3-5-38-10)25-17(36)24-8-19(21,22)23/h3-5,11,16H,6-8H2,1-2H3,(H,26,32)(H,33,34)(H2,24,25,36)/t11?,16?,20-/m0/s1. The number of aryl methyl sites for hydroxylation is 1. The lowest BCUT2D eigenvalue weighted by Crippen LogP contribution is -2.81. The number of nitrogens with one attached hydrogen (secondary N) is 3. The Labute approximate surface area is 236 Å². The molecule has 0 spiro atoms. The molecule has 4 amide bonds. The molecule has 4 N–H and O–H groups in total. The number of rotatable bonds is 10. The molecule has 2 unspecified atom stereocenters. The SMILES string of the molecule is CO[C@@]1(NC(=O)C(NC(=O)NCC(F)(F)F)c2cccs2)C(=O)N2C(C(=O)O)=C(CSc3nnnn3C)CSC21. The quantitative estimate of drug-likeness (QED) is 0.166. The average Bonchev–Trinajstić information content (AvgIpc) is 3.58. The fraction of sp³-hybridized carbons (Fsp3) is 0.450. The zero-order valence-electron chi connectivity index (χ0n) is 20.6. The van der Waals surface area contributed by atoms with Gasteiger partial charge in [-0.25, -0.2) is 14.3 Å². The predicted molar refractivity (Wildman–Crippen MR) is 135 cm³/mol. The van der Waals surface area contributed by atoms with E-state index in [0.29, 0.717) is 10.7 Å². The van der Waals surface area contributed by atoms with E-state index in [0.717, 1.165) is 35.1 Å². The minimum atomic E-state index is -4.67. The van der Waals surface area contributed by atoms with Crippen molar-refractivity contribution in [2.75, 3.05) is 25.2 Å². The van der Waals surface area contributed by atoms with Gasteiger partial charge in [0.2, 0.25) is 5.16 Å². The Morgan fingerprint density at radius 2 is 2.12 bits per heavy atom. The zero-order chi connectivity index (χ0) is 29.2. The summed E-state index contributed by atoms with van der Waals surface area (Å²) in [7, 11) is 2.77. The lowest BCUT2D eigenvalue weighted by Gasteiger charge is -2.56. The lowest BCUT2D eigenvalue weighted by atomic mass is 9.97. The number of thiophene rings is 1. The van der Waals surface area contributed by atoms with Gasteiger partial charge in [-0.05, 0) is 27.4 Å². The molecule has 40 heavy (non-hydrogen) atoms. The number of halogens is 3. The highest BCUT2D eigenvalue weighted by Crippen LogP contribution is 2.47. The van der Waals surface area contributed by atoms with Crippen molar-refractivity contribution in [3.8, 4) is 0 Å². The second-order valence-electron chi connectivity index (χ2n) is 8.29. The van der Waals surface area contributed by atoms with E-state index in [1.165, 1.54) is 22.5 Å². The number of ether oxygens (including phenoxy) is 1. The van der Waals surface area contributed by atoms with Gasteiger partial charge in [0.1, 0.15) is 23.7 Å². The Kier molecular flexibility index (Phi) is 8.61. The van der Waals surface area contributed by atoms with Crippen molar-refractivity contribution in [2.24, 2.45) is 7.05 Å². The van der Waals surface area contributed by atoms with Gasteiger partial charge in [-0.3, -0.25) is 14.5 Å². The molecule has 1 saturated heterocycles. The molecule has 0 aromatic carbocycles. The van der Waals surface area contributed by atoms with Gasteiger partial charge in [0.15, 0.2) is 0 Å². The largest absolute Gasteiger partial charge is 0.477 e. The zero-order valence-corrected chi connectivity index (χ0v) is 23.0. The van der Waals surface area contributed by atoms with E-state index >= 15 is 0 Å². The number of nitrogens with zero attached hydrogens (tertiary/aromatic N) is 5. The summed E-state index contributed by atoms with van der Waals surface area (Å²) >= 11 is 3.37. The summed E-state index contributed by atoms with van der Waals surface area (Å²) in [6.45, 7) is -1.62. The molecule has 0 saturated carbocycles. The van der Waals surface area contributed by atoms with Gasteiger partial charge < -0.3 is 25.8 Å². The molecule has 3 atom stereocenters. The van der Waals surface area contributed by atoms with Crippen molar-refractivity contribution >= 4 is 58.7 Å². The van der Waals surface area contributed by atoms with Gasteiger partial charge >= 0.3 is 18.2 Å². The number of methoxy groups -OCH3 is 1. The monoisotopic (exact) mass is 622 g/mol. The summed E-state index contributed by atoms with van der Waals surface area (Å²) in [6, 6.07) is 0.305. The molecule has 20 heteroatoms.